The summed E-state index contributed by atoms with van der Waals surface area (Å²) in [5.74, 6) is -1.13. The molecule has 0 aromatic heterocycles. The number of likely N-dealkylation sites (tertiary alicyclic amines) is 1. The molecule has 2 aromatic carbocycles. The first-order valence-corrected chi connectivity index (χ1v) is 14.1. The standard InChI is InChI=1S/C25H27ClFN3O5S/c26-16-1-4-22-20(13-16)25(24(32)29-22)6-8-30(9-7-25)10-11-35-18-2-3-19(21(27)14-18)23(31)28-17-5-12-36(33,34)15-17/h1-4,13-14,17H,5-12,15H2,(H,28,31)(H,29,32). The number of fused-ring (bicyclic) bond motifs is 2. The minimum absolute atomic E-state index is 0.0184. The van der Waals surface area contributed by atoms with E-state index in [4.69, 9.17) is 16.3 Å². The number of benzene rings is 2. The summed E-state index contributed by atoms with van der Waals surface area (Å²) in [5.41, 5.74) is 1.08. The molecule has 11 heteroatoms. The highest BCUT2D eigenvalue weighted by atomic mass is 35.5. The zero-order valence-electron chi connectivity index (χ0n) is 19.6. The quantitative estimate of drug-likeness (QED) is 0.589. The van der Waals surface area contributed by atoms with Crippen LogP contribution >= 0.6 is 11.6 Å². The van der Waals surface area contributed by atoms with Crippen LogP contribution in [0.5, 0.6) is 5.75 Å². The predicted octanol–water partition coefficient (Wildman–Crippen LogP) is 2.76. The van der Waals surface area contributed by atoms with Gasteiger partial charge in [0.2, 0.25) is 5.91 Å². The number of nitrogens with one attached hydrogen (secondary N) is 2. The van der Waals surface area contributed by atoms with Crippen molar-refractivity contribution in [2.24, 2.45) is 0 Å². The number of rotatable bonds is 6. The zero-order chi connectivity index (χ0) is 25.5. The molecular formula is C25H27ClFN3O5S. The van der Waals surface area contributed by atoms with Crippen LogP contribution in [0.4, 0.5) is 10.1 Å². The highest BCUT2D eigenvalue weighted by molar-refractivity contribution is 7.91. The fourth-order valence-corrected chi connectivity index (χ4v) is 7.12. The molecule has 3 heterocycles. The van der Waals surface area contributed by atoms with Crippen molar-refractivity contribution in [3.8, 4) is 5.75 Å². The van der Waals surface area contributed by atoms with Crippen LogP contribution in [0.25, 0.3) is 0 Å². The molecule has 0 bridgehead atoms. The average Bonchev–Trinajstić information content (AvgIpc) is 3.30. The summed E-state index contributed by atoms with van der Waals surface area (Å²) in [7, 11) is -3.14. The lowest BCUT2D eigenvalue weighted by atomic mass is 9.73. The molecule has 0 aliphatic carbocycles. The first-order valence-electron chi connectivity index (χ1n) is 11.9. The van der Waals surface area contributed by atoms with Crippen molar-refractivity contribution in [3.05, 3.63) is 58.4 Å². The average molecular weight is 536 g/mol. The molecule has 0 saturated carbocycles. The van der Waals surface area contributed by atoms with Gasteiger partial charge in [0.1, 0.15) is 18.2 Å². The van der Waals surface area contributed by atoms with Crippen LogP contribution in [0.1, 0.15) is 35.2 Å². The summed E-state index contributed by atoms with van der Waals surface area (Å²) in [6, 6.07) is 9.03. The van der Waals surface area contributed by atoms with Crippen molar-refractivity contribution in [2.45, 2.75) is 30.7 Å². The number of hydrogen-bond donors (Lipinski definition) is 2. The Hall–Kier alpha value is -2.69. The van der Waals surface area contributed by atoms with E-state index in [9.17, 15) is 22.4 Å². The second-order valence-electron chi connectivity index (χ2n) is 9.63. The van der Waals surface area contributed by atoms with Gasteiger partial charge in [0, 0.05) is 29.4 Å². The lowest BCUT2D eigenvalue weighted by Gasteiger charge is -2.37. The topological polar surface area (TPSA) is 105 Å². The van der Waals surface area contributed by atoms with Crippen LogP contribution in [0, 0.1) is 5.82 Å². The Bertz CT molecular complexity index is 1310. The molecule has 5 rings (SSSR count). The highest BCUT2D eigenvalue weighted by Gasteiger charge is 2.48. The van der Waals surface area contributed by atoms with Crippen LogP contribution in [0.2, 0.25) is 5.02 Å². The Kier molecular flexibility index (Phi) is 6.69. The van der Waals surface area contributed by atoms with E-state index in [0.717, 1.165) is 17.3 Å². The Morgan fingerprint density at radius 2 is 2.00 bits per heavy atom. The number of nitrogens with zero attached hydrogens (tertiary/aromatic N) is 1. The number of carbonyl (C=O) groups is 2. The lowest BCUT2D eigenvalue weighted by Crippen LogP contribution is -2.47. The van der Waals surface area contributed by atoms with E-state index in [2.05, 4.69) is 15.5 Å². The monoisotopic (exact) mass is 535 g/mol. The minimum Gasteiger partial charge on any atom is -0.492 e. The molecule has 3 aliphatic rings. The lowest BCUT2D eigenvalue weighted by molar-refractivity contribution is -0.122. The largest absolute Gasteiger partial charge is 0.492 e. The van der Waals surface area contributed by atoms with E-state index >= 15 is 0 Å². The highest BCUT2D eigenvalue weighted by Crippen LogP contribution is 2.45. The number of sulfone groups is 1. The normalized spacial score (nSPS) is 22.3. The number of piperidine rings is 1. The molecular weight excluding hydrogens is 509 g/mol. The molecule has 2 saturated heterocycles. The summed E-state index contributed by atoms with van der Waals surface area (Å²) < 4.78 is 43.4. The number of halogens is 2. The van der Waals surface area contributed by atoms with Gasteiger partial charge in [-0.2, -0.15) is 0 Å². The second-order valence-corrected chi connectivity index (χ2v) is 12.3. The molecule has 2 aromatic rings. The molecule has 2 N–H and O–H groups in total. The van der Waals surface area contributed by atoms with Crippen LogP contribution in [-0.4, -0.2) is 68.9 Å². The molecule has 192 valence electrons. The van der Waals surface area contributed by atoms with E-state index in [1.165, 1.54) is 12.1 Å². The maximum Gasteiger partial charge on any atom is 0.254 e. The SMILES string of the molecule is O=C(NC1CCS(=O)(=O)C1)c1ccc(OCCN2CCC3(CC2)C(=O)Nc2ccc(Cl)cc23)cc1F. The molecule has 1 atom stereocenters. The van der Waals surface area contributed by atoms with Gasteiger partial charge in [0.25, 0.3) is 5.91 Å². The number of carbonyl (C=O) groups excluding carboxylic acids is 2. The van der Waals surface area contributed by atoms with Crippen molar-refractivity contribution in [3.63, 3.8) is 0 Å². The summed E-state index contributed by atoms with van der Waals surface area (Å²) in [6.07, 6.45) is 1.68. The smallest absolute Gasteiger partial charge is 0.254 e. The molecule has 1 spiro atoms. The number of ether oxygens (including phenoxy) is 1. The van der Waals surface area contributed by atoms with Crippen LogP contribution in [0.3, 0.4) is 0 Å². The van der Waals surface area contributed by atoms with Gasteiger partial charge in [-0.05, 0) is 68.2 Å². The molecule has 36 heavy (non-hydrogen) atoms. The molecule has 3 aliphatic heterocycles. The zero-order valence-corrected chi connectivity index (χ0v) is 21.1. The first-order chi connectivity index (χ1) is 17.1. The van der Waals surface area contributed by atoms with Crippen molar-refractivity contribution >= 4 is 38.9 Å². The molecule has 8 nitrogen and oxygen atoms in total. The van der Waals surface area contributed by atoms with Gasteiger partial charge < -0.3 is 15.4 Å². The number of anilines is 1. The summed E-state index contributed by atoms with van der Waals surface area (Å²) in [6.45, 7) is 2.37. The maximum absolute atomic E-state index is 14.5. The van der Waals surface area contributed by atoms with Crippen LogP contribution in [0.15, 0.2) is 36.4 Å². The Morgan fingerprint density at radius 1 is 1.22 bits per heavy atom. The van der Waals surface area contributed by atoms with Crippen molar-refractivity contribution in [1.29, 1.82) is 0 Å². The Balaban J connectivity index is 1.12. The van der Waals surface area contributed by atoms with Crippen LogP contribution < -0.4 is 15.4 Å². The van der Waals surface area contributed by atoms with Crippen LogP contribution in [-0.2, 0) is 20.0 Å². The third-order valence-electron chi connectivity index (χ3n) is 7.32. The Labute approximate surface area is 214 Å². The van der Waals surface area contributed by atoms with E-state index in [-0.39, 0.29) is 23.0 Å². The summed E-state index contributed by atoms with van der Waals surface area (Å²) >= 11 is 6.18. The molecule has 0 radical (unpaired) electrons. The van der Waals surface area contributed by atoms with Crippen molar-refractivity contribution in [2.75, 3.05) is 43.1 Å². The van der Waals surface area contributed by atoms with Gasteiger partial charge in [0.15, 0.2) is 9.84 Å². The maximum atomic E-state index is 14.5. The summed E-state index contributed by atoms with van der Waals surface area (Å²) in [5, 5.41) is 6.18. The van der Waals surface area contributed by atoms with Crippen molar-refractivity contribution < 1.29 is 27.1 Å². The van der Waals surface area contributed by atoms with E-state index in [1.54, 1.807) is 6.07 Å². The van der Waals surface area contributed by atoms with Crippen molar-refractivity contribution in [1.82, 2.24) is 10.2 Å². The van der Waals surface area contributed by atoms with Gasteiger partial charge >= 0.3 is 0 Å². The number of amides is 2. The second kappa shape index (κ2) is 9.64. The van der Waals surface area contributed by atoms with Gasteiger partial charge in [-0.25, -0.2) is 12.8 Å². The van der Waals surface area contributed by atoms with Gasteiger partial charge in [0.05, 0.1) is 22.5 Å². The molecule has 2 amide bonds. The van der Waals surface area contributed by atoms with Gasteiger partial charge in [-0.3, -0.25) is 14.5 Å². The van der Waals surface area contributed by atoms with E-state index < -0.39 is 33.0 Å². The van der Waals surface area contributed by atoms with E-state index in [0.29, 0.717) is 56.3 Å². The molecule has 2 fully saturated rings. The third-order valence-corrected chi connectivity index (χ3v) is 9.32. The fraction of sp³-hybridized carbons (Fsp3) is 0.440. The summed E-state index contributed by atoms with van der Waals surface area (Å²) in [4.78, 5) is 27.3. The van der Waals surface area contributed by atoms with Gasteiger partial charge in [-0.1, -0.05) is 11.6 Å². The number of hydrogen-bond acceptors (Lipinski definition) is 6. The fourth-order valence-electron chi connectivity index (χ4n) is 5.27. The van der Waals surface area contributed by atoms with E-state index in [1.807, 2.05) is 12.1 Å². The minimum atomic E-state index is -3.14. The first kappa shape index (κ1) is 25.0. The Morgan fingerprint density at radius 3 is 2.69 bits per heavy atom. The van der Waals surface area contributed by atoms with Gasteiger partial charge in [-0.15, -0.1) is 0 Å². The molecule has 1 unspecified atom stereocenters. The predicted molar refractivity (Wildman–Crippen MR) is 134 cm³/mol. The third kappa shape index (κ3) is 4.94.